The molecule has 0 saturated heterocycles. The summed E-state index contributed by atoms with van der Waals surface area (Å²) in [5.74, 6) is 0.796. The highest BCUT2D eigenvalue weighted by atomic mass is 35.5. The Morgan fingerprint density at radius 1 is 1.43 bits per heavy atom. The van der Waals surface area contributed by atoms with Crippen LogP contribution in [0.15, 0.2) is 36.4 Å². The van der Waals surface area contributed by atoms with Gasteiger partial charge in [0.15, 0.2) is 0 Å². The van der Waals surface area contributed by atoms with E-state index in [1.54, 1.807) is 6.07 Å². The average molecular weight is 309 g/mol. The third-order valence-electron chi connectivity index (χ3n) is 3.89. The fraction of sp³-hybridized carbons (Fsp3) is 0.471. The predicted molar refractivity (Wildman–Crippen MR) is 83.8 cm³/mol. The van der Waals surface area contributed by atoms with Gasteiger partial charge in [0.1, 0.15) is 5.75 Å². The van der Waals surface area contributed by atoms with Crippen molar-refractivity contribution in [2.45, 2.75) is 32.1 Å². The van der Waals surface area contributed by atoms with Crippen LogP contribution in [0.25, 0.3) is 0 Å². The van der Waals surface area contributed by atoms with Crippen LogP contribution in [0.4, 0.5) is 0 Å². The second-order valence-electron chi connectivity index (χ2n) is 5.48. The molecule has 1 unspecified atom stereocenters. The molecule has 2 atom stereocenters. The van der Waals surface area contributed by atoms with Crippen molar-refractivity contribution < 1.29 is 14.6 Å². The molecule has 3 nitrogen and oxygen atoms in total. The molecule has 0 aromatic heterocycles. The molecule has 1 saturated carbocycles. The zero-order valence-corrected chi connectivity index (χ0v) is 12.8. The lowest BCUT2D eigenvalue weighted by atomic mass is 9.92. The Morgan fingerprint density at radius 2 is 2.29 bits per heavy atom. The SMILES string of the molecule is O=C(O)C[C@H]1CCCC1/C=C/CCOc1cccc(Cl)c1. The summed E-state index contributed by atoms with van der Waals surface area (Å²) in [7, 11) is 0. The maximum Gasteiger partial charge on any atom is 0.303 e. The van der Waals surface area contributed by atoms with Crippen molar-refractivity contribution in [3.05, 3.63) is 41.4 Å². The number of ether oxygens (including phenoxy) is 1. The van der Waals surface area contributed by atoms with Gasteiger partial charge >= 0.3 is 5.97 Å². The lowest BCUT2D eigenvalue weighted by Crippen LogP contribution is -2.11. The van der Waals surface area contributed by atoms with Gasteiger partial charge in [-0.2, -0.15) is 0 Å². The van der Waals surface area contributed by atoms with Gasteiger partial charge in [-0.05, 0) is 49.3 Å². The van der Waals surface area contributed by atoms with E-state index in [1.807, 2.05) is 18.2 Å². The quantitative estimate of drug-likeness (QED) is 0.593. The zero-order valence-electron chi connectivity index (χ0n) is 12.0. The molecule has 2 rings (SSSR count). The highest BCUT2D eigenvalue weighted by Gasteiger charge is 2.26. The van der Waals surface area contributed by atoms with Crippen LogP contribution in [0.1, 0.15) is 32.1 Å². The first-order valence-corrected chi connectivity index (χ1v) is 7.80. The fourth-order valence-electron chi connectivity index (χ4n) is 2.87. The summed E-state index contributed by atoms with van der Waals surface area (Å²) in [5, 5.41) is 9.57. The summed E-state index contributed by atoms with van der Waals surface area (Å²) in [5.41, 5.74) is 0. The van der Waals surface area contributed by atoms with E-state index in [9.17, 15) is 4.79 Å². The van der Waals surface area contributed by atoms with E-state index in [4.69, 9.17) is 21.4 Å². The van der Waals surface area contributed by atoms with E-state index in [2.05, 4.69) is 12.2 Å². The molecule has 114 valence electrons. The molecule has 0 radical (unpaired) electrons. The summed E-state index contributed by atoms with van der Waals surface area (Å²) >= 11 is 5.89. The van der Waals surface area contributed by atoms with Crippen molar-refractivity contribution in [1.82, 2.24) is 0 Å². The van der Waals surface area contributed by atoms with Crippen LogP contribution < -0.4 is 4.74 Å². The van der Waals surface area contributed by atoms with Gasteiger partial charge in [0, 0.05) is 11.4 Å². The van der Waals surface area contributed by atoms with E-state index >= 15 is 0 Å². The Hall–Kier alpha value is -1.48. The van der Waals surface area contributed by atoms with Crippen LogP contribution in [-0.4, -0.2) is 17.7 Å². The first-order chi connectivity index (χ1) is 10.1. The van der Waals surface area contributed by atoms with Gasteiger partial charge in [-0.3, -0.25) is 4.79 Å². The van der Waals surface area contributed by atoms with Gasteiger partial charge in [-0.25, -0.2) is 0 Å². The molecule has 1 aromatic carbocycles. The molecule has 1 N–H and O–H groups in total. The maximum absolute atomic E-state index is 10.8. The van der Waals surface area contributed by atoms with E-state index in [1.165, 1.54) is 0 Å². The molecule has 0 spiro atoms. The van der Waals surface area contributed by atoms with Crippen LogP contribution in [0, 0.1) is 11.8 Å². The van der Waals surface area contributed by atoms with Gasteiger partial charge in [-0.15, -0.1) is 0 Å². The van der Waals surface area contributed by atoms with Gasteiger partial charge in [0.25, 0.3) is 0 Å². The van der Waals surface area contributed by atoms with Crippen molar-refractivity contribution in [1.29, 1.82) is 0 Å². The number of carboxylic acids is 1. The maximum atomic E-state index is 10.8. The number of aliphatic carboxylic acids is 1. The minimum absolute atomic E-state index is 0.286. The van der Waals surface area contributed by atoms with Crippen LogP contribution in [0.2, 0.25) is 5.02 Å². The largest absolute Gasteiger partial charge is 0.493 e. The van der Waals surface area contributed by atoms with Crippen LogP contribution in [0.5, 0.6) is 5.75 Å². The average Bonchev–Trinajstić information content (AvgIpc) is 2.85. The normalized spacial score (nSPS) is 21.8. The molecular formula is C17H21ClO3. The minimum atomic E-state index is -0.690. The number of carbonyl (C=O) groups is 1. The number of carboxylic acid groups (broad SMARTS) is 1. The summed E-state index contributed by atoms with van der Waals surface area (Å²) in [6.45, 7) is 0.604. The number of hydrogen-bond donors (Lipinski definition) is 1. The highest BCUT2D eigenvalue weighted by Crippen LogP contribution is 2.35. The zero-order chi connectivity index (χ0) is 15.1. The molecule has 1 aromatic rings. The smallest absolute Gasteiger partial charge is 0.303 e. The molecule has 4 heteroatoms. The van der Waals surface area contributed by atoms with Crippen molar-refractivity contribution in [3.8, 4) is 5.75 Å². The number of halogens is 1. The van der Waals surface area contributed by atoms with Crippen LogP contribution in [0.3, 0.4) is 0 Å². The number of hydrogen-bond acceptors (Lipinski definition) is 2. The summed E-state index contributed by atoms with van der Waals surface area (Å²) in [4.78, 5) is 10.8. The van der Waals surface area contributed by atoms with E-state index < -0.39 is 5.97 Å². The van der Waals surface area contributed by atoms with Gasteiger partial charge in [0.2, 0.25) is 0 Å². The topological polar surface area (TPSA) is 46.5 Å². The molecule has 0 heterocycles. The summed E-state index contributed by atoms with van der Waals surface area (Å²) < 4.78 is 5.61. The molecule has 1 aliphatic rings. The van der Waals surface area contributed by atoms with E-state index in [0.29, 0.717) is 23.5 Å². The van der Waals surface area contributed by atoms with Crippen molar-refractivity contribution in [2.24, 2.45) is 11.8 Å². The Labute approximate surface area is 130 Å². The van der Waals surface area contributed by atoms with Gasteiger partial charge < -0.3 is 9.84 Å². The Morgan fingerprint density at radius 3 is 3.05 bits per heavy atom. The van der Waals surface area contributed by atoms with Crippen LogP contribution >= 0.6 is 11.6 Å². The summed E-state index contributed by atoms with van der Waals surface area (Å²) in [6, 6.07) is 7.36. The second kappa shape index (κ2) is 8.08. The predicted octanol–water partition coefficient (Wildman–Crippen LogP) is 4.56. The Bertz CT molecular complexity index is 499. The number of rotatable bonds is 7. The standard InChI is InChI=1S/C17H21ClO3/c18-15-8-4-9-16(12-15)21-10-2-1-5-13-6-3-7-14(13)11-17(19)20/h1,4-5,8-9,12-14H,2-3,6-7,10-11H2,(H,19,20)/b5-1+/t13?,14-/m1/s1. The van der Waals surface area contributed by atoms with Crippen molar-refractivity contribution >= 4 is 17.6 Å². The highest BCUT2D eigenvalue weighted by molar-refractivity contribution is 6.30. The fourth-order valence-corrected chi connectivity index (χ4v) is 3.05. The number of allylic oxidation sites excluding steroid dienone is 1. The van der Waals surface area contributed by atoms with Crippen molar-refractivity contribution in [2.75, 3.05) is 6.61 Å². The van der Waals surface area contributed by atoms with Crippen LogP contribution in [-0.2, 0) is 4.79 Å². The molecular weight excluding hydrogens is 288 g/mol. The first kappa shape index (κ1) is 15.9. The van der Waals surface area contributed by atoms with E-state index in [-0.39, 0.29) is 6.42 Å². The third-order valence-corrected chi connectivity index (χ3v) is 4.12. The Balaban J connectivity index is 1.71. The van der Waals surface area contributed by atoms with Crippen molar-refractivity contribution in [3.63, 3.8) is 0 Å². The third kappa shape index (κ3) is 5.43. The molecule has 0 aliphatic heterocycles. The lowest BCUT2D eigenvalue weighted by Gasteiger charge is -2.13. The molecule has 21 heavy (non-hydrogen) atoms. The molecule has 1 fully saturated rings. The second-order valence-corrected chi connectivity index (χ2v) is 5.91. The Kier molecular flexibility index (Phi) is 6.12. The minimum Gasteiger partial charge on any atom is -0.493 e. The van der Waals surface area contributed by atoms with Gasteiger partial charge in [-0.1, -0.05) is 36.2 Å². The summed E-state index contributed by atoms with van der Waals surface area (Å²) in [6.07, 6.45) is 8.64. The molecule has 1 aliphatic carbocycles. The lowest BCUT2D eigenvalue weighted by molar-refractivity contribution is -0.138. The van der Waals surface area contributed by atoms with Gasteiger partial charge in [0.05, 0.1) is 6.61 Å². The molecule has 0 amide bonds. The first-order valence-electron chi connectivity index (χ1n) is 7.42. The van der Waals surface area contributed by atoms with E-state index in [0.717, 1.165) is 31.4 Å². The molecule has 0 bridgehead atoms. The monoisotopic (exact) mass is 308 g/mol. The number of benzene rings is 1.